The second kappa shape index (κ2) is 6.29. The molecule has 1 heterocycles. The highest BCUT2D eigenvalue weighted by atomic mass is 32.2. The van der Waals surface area contributed by atoms with Crippen molar-refractivity contribution in [3.05, 3.63) is 48.6 Å². The van der Waals surface area contributed by atoms with E-state index < -0.39 is 10.0 Å². The van der Waals surface area contributed by atoms with Crippen molar-refractivity contribution in [2.45, 2.75) is 43.5 Å². The fraction of sp³-hybridized carbons (Fsp3) is 0.353. The SMILES string of the molecule is C=C1CCC(NS(=O)(=O)c2ccc(-c3coc(C)n3)cc2)CC1. The van der Waals surface area contributed by atoms with Crippen LogP contribution in [0.1, 0.15) is 31.6 Å². The first-order chi connectivity index (χ1) is 10.9. The lowest BCUT2D eigenvalue weighted by molar-refractivity contribution is 0.466. The first-order valence-corrected chi connectivity index (χ1v) is 9.14. The first-order valence-electron chi connectivity index (χ1n) is 7.65. The molecule has 0 spiro atoms. The number of hydrogen-bond acceptors (Lipinski definition) is 4. The minimum Gasteiger partial charge on any atom is -0.449 e. The van der Waals surface area contributed by atoms with Gasteiger partial charge in [0.1, 0.15) is 12.0 Å². The number of aromatic nitrogens is 1. The van der Waals surface area contributed by atoms with Crippen LogP contribution in [0.2, 0.25) is 0 Å². The predicted molar refractivity (Wildman–Crippen MR) is 88.4 cm³/mol. The number of benzene rings is 1. The lowest BCUT2D eigenvalue weighted by Gasteiger charge is -2.24. The molecule has 1 saturated carbocycles. The zero-order valence-corrected chi connectivity index (χ0v) is 13.9. The number of sulfonamides is 1. The van der Waals surface area contributed by atoms with Gasteiger partial charge in [0, 0.05) is 18.5 Å². The molecule has 1 aliphatic rings. The van der Waals surface area contributed by atoms with Crippen LogP contribution in [0.4, 0.5) is 0 Å². The molecule has 0 unspecified atom stereocenters. The van der Waals surface area contributed by atoms with Gasteiger partial charge in [0.25, 0.3) is 0 Å². The average molecular weight is 332 g/mol. The Balaban J connectivity index is 1.74. The van der Waals surface area contributed by atoms with E-state index in [1.807, 2.05) is 0 Å². The molecular formula is C17H20N2O3S. The summed E-state index contributed by atoms with van der Waals surface area (Å²) >= 11 is 0. The molecule has 0 amide bonds. The highest BCUT2D eigenvalue weighted by molar-refractivity contribution is 7.89. The van der Waals surface area contributed by atoms with Gasteiger partial charge in [-0.1, -0.05) is 24.3 Å². The van der Waals surface area contributed by atoms with Crippen LogP contribution in [0, 0.1) is 6.92 Å². The van der Waals surface area contributed by atoms with Crippen molar-refractivity contribution in [3.8, 4) is 11.3 Å². The van der Waals surface area contributed by atoms with Crippen molar-refractivity contribution in [2.24, 2.45) is 0 Å². The quantitative estimate of drug-likeness (QED) is 0.871. The van der Waals surface area contributed by atoms with Gasteiger partial charge in [0.15, 0.2) is 5.89 Å². The molecule has 0 atom stereocenters. The highest BCUT2D eigenvalue weighted by Crippen LogP contribution is 2.24. The molecule has 1 fully saturated rings. The summed E-state index contributed by atoms with van der Waals surface area (Å²) in [5.74, 6) is 0.581. The van der Waals surface area contributed by atoms with E-state index in [1.54, 1.807) is 37.5 Å². The van der Waals surface area contributed by atoms with E-state index in [0.29, 0.717) is 11.6 Å². The Bertz CT molecular complexity index is 797. The summed E-state index contributed by atoms with van der Waals surface area (Å²) < 4.78 is 32.9. The van der Waals surface area contributed by atoms with E-state index in [9.17, 15) is 8.42 Å². The monoisotopic (exact) mass is 332 g/mol. The standard InChI is InChI=1S/C17H20N2O3S/c1-12-3-7-15(8-4-12)19-23(20,21)16-9-5-14(6-10-16)17-11-22-13(2)18-17/h5-6,9-11,15,19H,1,3-4,7-8H2,2H3. The number of oxazole rings is 1. The molecule has 1 aliphatic carbocycles. The maximum Gasteiger partial charge on any atom is 0.240 e. The van der Waals surface area contributed by atoms with E-state index >= 15 is 0 Å². The van der Waals surface area contributed by atoms with E-state index in [-0.39, 0.29) is 10.9 Å². The number of aryl methyl sites for hydroxylation is 1. The molecule has 0 radical (unpaired) electrons. The van der Waals surface area contributed by atoms with Gasteiger partial charge in [-0.25, -0.2) is 18.1 Å². The fourth-order valence-electron chi connectivity index (χ4n) is 2.73. The normalized spacial score (nSPS) is 16.7. The van der Waals surface area contributed by atoms with E-state index in [0.717, 1.165) is 31.2 Å². The minimum atomic E-state index is -3.49. The van der Waals surface area contributed by atoms with Crippen LogP contribution in [-0.4, -0.2) is 19.4 Å². The van der Waals surface area contributed by atoms with Gasteiger partial charge in [-0.3, -0.25) is 0 Å². The van der Waals surface area contributed by atoms with E-state index in [1.165, 1.54) is 5.57 Å². The molecule has 0 saturated heterocycles. The Hall–Kier alpha value is -1.92. The van der Waals surface area contributed by atoms with Crippen LogP contribution in [0.15, 0.2) is 52.0 Å². The molecule has 6 heteroatoms. The van der Waals surface area contributed by atoms with Gasteiger partial charge < -0.3 is 4.42 Å². The highest BCUT2D eigenvalue weighted by Gasteiger charge is 2.22. The maximum atomic E-state index is 12.5. The zero-order valence-electron chi connectivity index (χ0n) is 13.1. The van der Waals surface area contributed by atoms with Crippen LogP contribution in [0.25, 0.3) is 11.3 Å². The van der Waals surface area contributed by atoms with Crippen molar-refractivity contribution in [3.63, 3.8) is 0 Å². The molecule has 23 heavy (non-hydrogen) atoms. The van der Waals surface area contributed by atoms with E-state index in [4.69, 9.17) is 4.42 Å². The molecule has 3 rings (SSSR count). The molecule has 1 N–H and O–H groups in total. The Morgan fingerprint density at radius 3 is 2.43 bits per heavy atom. The van der Waals surface area contributed by atoms with Gasteiger partial charge in [0.2, 0.25) is 10.0 Å². The van der Waals surface area contributed by atoms with Gasteiger partial charge in [-0.2, -0.15) is 0 Å². The summed E-state index contributed by atoms with van der Waals surface area (Å²) in [5, 5.41) is 0. The Kier molecular flexibility index (Phi) is 4.37. The fourth-order valence-corrected chi connectivity index (χ4v) is 4.04. The second-order valence-corrected chi connectivity index (χ2v) is 7.64. The van der Waals surface area contributed by atoms with Crippen LogP contribution < -0.4 is 4.72 Å². The van der Waals surface area contributed by atoms with Crippen molar-refractivity contribution in [1.29, 1.82) is 0 Å². The number of nitrogens with zero attached hydrogens (tertiary/aromatic N) is 1. The lowest BCUT2D eigenvalue weighted by atomic mass is 9.93. The van der Waals surface area contributed by atoms with Gasteiger partial charge in [-0.15, -0.1) is 0 Å². The van der Waals surface area contributed by atoms with Crippen molar-refractivity contribution in [2.75, 3.05) is 0 Å². The molecule has 2 aromatic rings. The number of nitrogens with one attached hydrogen (secondary N) is 1. The summed E-state index contributed by atoms with van der Waals surface area (Å²) in [6, 6.07) is 6.68. The molecule has 0 bridgehead atoms. The minimum absolute atomic E-state index is 0.0108. The van der Waals surface area contributed by atoms with Gasteiger partial charge in [0.05, 0.1) is 4.90 Å². The van der Waals surface area contributed by atoms with Crippen LogP contribution in [0.3, 0.4) is 0 Å². The van der Waals surface area contributed by atoms with Gasteiger partial charge >= 0.3 is 0 Å². The third-order valence-electron chi connectivity index (χ3n) is 4.09. The number of allylic oxidation sites excluding steroid dienone is 1. The zero-order chi connectivity index (χ0) is 16.4. The smallest absolute Gasteiger partial charge is 0.240 e. The van der Waals surface area contributed by atoms with Crippen LogP contribution in [0.5, 0.6) is 0 Å². The van der Waals surface area contributed by atoms with Crippen LogP contribution in [-0.2, 0) is 10.0 Å². The third-order valence-corrected chi connectivity index (χ3v) is 5.63. The Morgan fingerprint density at radius 2 is 1.87 bits per heavy atom. The van der Waals surface area contributed by atoms with Crippen molar-refractivity contribution >= 4 is 10.0 Å². The number of hydrogen-bond donors (Lipinski definition) is 1. The Labute approximate surface area is 136 Å². The molecule has 122 valence electrons. The summed E-state index contributed by atoms with van der Waals surface area (Å²) in [4.78, 5) is 4.50. The van der Waals surface area contributed by atoms with Gasteiger partial charge in [-0.05, 0) is 37.8 Å². The molecule has 0 aliphatic heterocycles. The Morgan fingerprint density at radius 1 is 1.22 bits per heavy atom. The topological polar surface area (TPSA) is 72.2 Å². The molecular weight excluding hydrogens is 312 g/mol. The van der Waals surface area contributed by atoms with Crippen molar-refractivity contribution in [1.82, 2.24) is 9.71 Å². The molecule has 5 nitrogen and oxygen atoms in total. The molecule has 1 aromatic carbocycles. The first kappa shape index (κ1) is 16.0. The lowest BCUT2D eigenvalue weighted by Crippen LogP contribution is -2.36. The van der Waals surface area contributed by atoms with Crippen molar-refractivity contribution < 1.29 is 12.8 Å². The summed E-state index contributed by atoms with van der Waals surface area (Å²) in [5.41, 5.74) is 2.73. The maximum absolute atomic E-state index is 12.5. The second-order valence-electron chi connectivity index (χ2n) is 5.92. The summed E-state index contributed by atoms with van der Waals surface area (Å²) in [6.45, 7) is 5.72. The third kappa shape index (κ3) is 3.71. The largest absolute Gasteiger partial charge is 0.449 e. The van der Waals surface area contributed by atoms with Crippen LogP contribution >= 0.6 is 0 Å². The average Bonchev–Trinajstić information content (AvgIpc) is 2.96. The summed E-state index contributed by atoms with van der Waals surface area (Å²) in [6.07, 6.45) is 4.96. The molecule has 1 aromatic heterocycles. The van der Waals surface area contributed by atoms with E-state index in [2.05, 4.69) is 16.3 Å². The number of rotatable bonds is 4. The summed E-state index contributed by atoms with van der Waals surface area (Å²) in [7, 11) is -3.49. The predicted octanol–water partition coefficient (Wildman–Crippen LogP) is 3.43.